The Labute approximate surface area is 207 Å². The largest absolute Gasteiger partial charge is 1.00 e. The molecule has 0 amide bonds. The summed E-state index contributed by atoms with van der Waals surface area (Å²) in [5, 5.41) is 4.70. The summed E-state index contributed by atoms with van der Waals surface area (Å²) in [7, 11) is 1.65. The van der Waals surface area contributed by atoms with E-state index in [1.165, 1.54) is 0 Å². The van der Waals surface area contributed by atoms with Crippen LogP contribution in [-0.4, -0.2) is 51.4 Å². The Morgan fingerprint density at radius 3 is 2.52 bits per heavy atom. The Bertz CT molecular complexity index is 789. The van der Waals surface area contributed by atoms with Gasteiger partial charge in [-0.15, -0.1) is 0 Å². The molecule has 0 atom stereocenters. The summed E-state index contributed by atoms with van der Waals surface area (Å²) in [5.41, 5.74) is 2.04. The molecule has 0 unspecified atom stereocenters. The smallest absolute Gasteiger partial charge is 0.161 e. The van der Waals surface area contributed by atoms with Crippen LogP contribution >= 0.6 is 23.2 Å². The first-order valence-electron chi connectivity index (χ1n) is 9.90. The van der Waals surface area contributed by atoms with Gasteiger partial charge in [-0.1, -0.05) is 35.3 Å². The minimum absolute atomic E-state index is 0. The number of methoxy groups -OCH3 is 1. The summed E-state index contributed by atoms with van der Waals surface area (Å²) < 4.78 is 16.8. The maximum atomic E-state index is 6.21. The van der Waals surface area contributed by atoms with E-state index in [0.29, 0.717) is 28.2 Å². The van der Waals surface area contributed by atoms with Gasteiger partial charge in [-0.05, 0) is 49.3 Å². The maximum Gasteiger partial charge on any atom is 0.161 e. The molecule has 1 aliphatic heterocycles. The lowest BCUT2D eigenvalue weighted by atomic mass is 10.2. The van der Waals surface area contributed by atoms with Crippen molar-refractivity contribution < 1.29 is 39.0 Å². The first-order chi connectivity index (χ1) is 14.2. The fourth-order valence-corrected chi connectivity index (χ4v) is 3.68. The van der Waals surface area contributed by atoms with Crippen LogP contribution < -0.4 is 39.6 Å². The third kappa shape index (κ3) is 9.22. The molecule has 5 nitrogen and oxygen atoms in total. The predicted octanol–water partition coefficient (Wildman–Crippen LogP) is -1.60. The fourth-order valence-electron chi connectivity index (χ4n) is 3.22. The van der Waals surface area contributed by atoms with Crippen LogP contribution in [0.5, 0.6) is 11.5 Å². The van der Waals surface area contributed by atoms with E-state index in [-0.39, 0.29) is 24.8 Å². The highest BCUT2D eigenvalue weighted by molar-refractivity contribution is 6.35. The molecule has 0 bridgehead atoms. The van der Waals surface area contributed by atoms with Crippen molar-refractivity contribution in [2.45, 2.75) is 19.6 Å². The number of rotatable bonds is 10. The molecule has 2 aromatic rings. The molecule has 3 rings (SSSR count). The van der Waals surface area contributed by atoms with Crippen molar-refractivity contribution >= 4 is 23.2 Å². The second-order valence-corrected chi connectivity index (χ2v) is 7.84. The zero-order valence-corrected chi connectivity index (χ0v) is 20.5. The Kier molecular flexibility index (Phi) is 13.6. The van der Waals surface area contributed by atoms with Gasteiger partial charge in [-0.25, -0.2) is 0 Å². The van der Waals surface area contributed by atoms with Gasteiger partial charge in [0.1, 0.15) is 6.61 Å². The van der Waals surface area contributed by atoms with Gasteiger partial charge in [0, 0.05) is 35.2 Å². The molecular formula is C22H28Cl4N2O3-2. The van der Waals surface area contributed by atoms with Crippen LogP contribution in [0.1, 0.15) is 17.5 Å². The summed E-state index contributed by atoms with van der Waals surface area (Å²) in [5.74, 6) is 1.40. The Hall–Kier alpha value is -0.920. The van der Waals surface area contributed by atoms with Crippen LogP contribution in [0.2, 0.25) is 10.0 Å². The normalized spacial score (nSPS) is 13.8. The third-order valence-corrected chi connectivity index (χ3v) is 5.47. The molecule has 31 heavy (non-hydrogen) atoms. The molecule has 0 spiro atoms. The van der Waals surface area contributed by atoms with Crippen LogP contribution in [0.25, 0.3) is 0 Å². The van der Waals surface area contributed by atoms with Gasteiger partial charge in [0.05, 0.1) is 20.3 Å². The van der Waals surface area contributed by atoms with Crippen molar-refractivity contribution in [3.05, 3.63) is 57.6 Å². The molecule has 174 valence electrons. The van der Waals surface area contributed by atoms with E-state index in [1.807, 2.05) is 18.2 Å². The molecule has 0 saturated carbocycles. The lowest BCUT2D eigenvalue weighted by molar-refractivity contribution is -0.001000. The van der Waals surface area contributed by atoms with E-state index in [2.05, 4.69) is 16.3 Å². The molecule has 0 radical (unpaired) electrons. The van der Waals surface area contributed by atoms with Crippen LogP contribution in [0.15, 0.2) is 36.4 Å². The molecule has 1 aliphatic rings. The van der Waals surface area contributed by atoms with Gasteiger partial charge >= 0.3 is 0 Å². The molecule has 9 heteroatoms. The standard InChI is InChI=1S/C22H28Cl2N2O3.2ClH/c1-27-22-13-17(15-25-7-2-8-26-9-11-28-12-10-26)3-6-21(22)29-16-18-4-5-19(23)14-20(18)24;;/h3-6,13-14,25H,2,7-12,15-16H2,1H3;2*1H/p-2. The number of ether oxygens (including phenoxy) is 3. The number of halogens is 4. The summed E-state index contributed by atoms with van der Waals surface area (Å²) in [6.07, 6.45) is 1.13. The quantitative estimate of drug-likeness (QED) is 0.391. The van der Waals surface area contributed by atoms with E-state index in [1.54, 1.807) is 19.2 Å². The van der Waals surface area contributed by atoms with Gasteiger partial charge in [-0.3, -0.25) is 4.90 Å². The van der Waals surface area contributed by atoms with E-state index >= 15 is 0 Å². The Balaban J connectivity index is 0.00000240. The van der Waals surface area contributed by atoms with Crippen molar-refractivity contribution in [3.63, 3.8) is 0 Å². The minimum Gasteiger partial charge on any atom is -1.00 e. The molecule has 1 saturated heterocycles. The fraction of sp³-hybridized carbons (Fsp3) is 0.455. The number of morpholine rings is 1. The van der Waals surface area contributed by atoms with Crippen LogP contribution in [0.3, 0.4) is 0 Å². The highest BCUT2D eigenvalue weighted by Gasteiger charge is 2.10. The van der Waals surface area contributed by atoms with Crippen LogP contribution in [0.4, 0.5) is 0 Å². The van der Waals surface area contributed by atoms with Gasteiger partial charge < -0.3 is 44.3 Å². The monoisotopic (exact) mass is 508 g/mol. The maximum absolute atomic E-state index is 6.21. The summed E-state index contributed by atoms with van der Waals surface area (Å²) in [6.45, 7) is 7.03. The lowest BCUT2D eigenvalue weighted by Gasteiger charge is -2.26. The zero-order valence-electron chi connectivity index (χ0n) is 17.5. The highest BCUT2D eigenvalue weighted by atomic mass is 35.5. The van der Waals surface area contributed by atoms with Crippen LogP contribution in [0, 0.1) is 0 Å². The molecule has 0 aromatic heterocycles. The second kappa shape index (κ2) is 15.0. The Morgan fingerprint density at radius 2 is 1.81 bits per heavy atom. The summed E-state index contributed by atoms with van der Waals surface area (Å²) in [4.78, 5) is 2.45. The van der Waals surface area contributed by atoms with Crippen molar-refractivity contribution in [2.75, 3.05) is 46.5 Å². The zero-order chi connectivity index (χ0) is 20.5. The summed E-state index contributed by atoms with van der Waals surface area (Å²) in [6, 6.07) is 11.4. The van der Waals surface area contributed by atoms with E-state index in [4.69, 9.17) is 37.4 Å². The van der Waals surface area contributed by atoms with Crippen LogP contribution in [-0.2, 0) is 17.9 Å². The first kappa shape index (κ1) is 28.1. The molecule has 0 aliphatic carbocycles. The average molecular weight is 510 g/mol. The first-order valence-corrected chi connectivity index (χ1v) is 10.7. The lowest BCUT2D eigenvalue weighted by Crippen LogP contribution is -3.00. The van der Waals surface area contributed by atoms with Crippen molar-refractivity contribution in [3.8, 4) is 11.5 Å². The molecular weight excluding hydrogens is 482 g/mol. The molecule has 1 heterocycles. The Morgan fingerprint density at radius 1 is 1.03 bits per heavy atom. The van der Waals surface area contributed by atoms with Gasteiger partial charge in [-0.2, -0.15) is 0 Å². The van der Waals surface area contributed by atoms with Crippen molar-refractivity contribution in [2.24, 2.45) is 0 Å². The van der Waals surface area contributed by atoms with E-state index < -0.39 is 0 Å². The van der Waals surface area contributed by atoms with E-state index in [0.717, 1.165) is 63.5 Å². The molecule has 1 N–H and O–H groups in total. The highest BCUT2D eigenvalue weighted by Crippen LogP contribution is 2.30. The molecule has 2 aromatic carbocycles. The number of benzene rings is 2. The van der Waals surface area contributed by atoms with Crippen molar-refractivity contribution in [1.82, 2.24) is 10.2 Å². The molecule has 1 fully saturated rings. The predicted molar refractivity (Wildman–Crippen MR) is 117 cm³/mol. The second-order valence-electron chi connectivity index (χ2n) is 6.99. The van der Waals surface area contributed by atoms with Gasteiger partial charge in [0.25, 0.3) is 0 Å². The summed E-state index contributed by atoms with van der Waals surface area (Å²) >= 11 is 12.2. The topological polar surface area (TPSA) is 43.0 Å². The third-order valence-electron chi connectivity index (χ3n) is 4.89. The number of nitrogens with one attached hydrogen (secondary N) is 1. The van der Waals surface area contributed by atoms with Crippen molar-refractivity contribution in [1.29, 1.82) is 0 Å². The number of hydrogen-bond acceptors (Lipinski definition) is 5. The number of hydrogen-bond donors (Lipinski definition) is 1. The van der Waals surface area contributed by atoms with Gasteiger partial charge in [0.2, 0.25) is 0 Å². The SMILES string of the molecule is COc1cc(CNCCCN2CCOCC2)ccc1OCc1ccc(Cl)cc1Cl.[Cl-].[Cl-]. The number of nitrogens with zero attached hydrogens (tertiary/aromatic N) is 1. The van der Waals surface area contributed by atoms with Gasteiger partial charge in [0.15, 0.2) is 11.5 Å². The minimum atomic E-state index is 0. The average Bonchev–Trinajstić information content (AvgIpc) is 2.74. The van der Waals surface area contributed by atoms with E-state index in [9.17, 15) is 0 Å².